The third-order valence-corrected chi connectivity index (χ3v) is 3.94. The summed E-state index contributed by atoms with van der Waals surface area (Å²) in [5, 5.41) is 3.78. The number of aryl methyl sites for hydroxylation is 2. The van der Waals surface area contributed by atoms with Crippen LogP contribution < -0.4 is 14.8 Å². The molecule has 1 heterocycles. The minimum atomic E-state index is -0.298. The fourth-order valence-electron chi connectivity index (χ4n) is 2.65. The maximum Gasteiger partial charge on any atom is 0.291 e. The van der Waals surface area contributed by atoms with Crippen LogP contribution >= 0.6 is 0 Å². The highest BCUT2D eigenvalue weighted by atomic mass is 16.5. The second-order valence-electron chi connectivity index (χ2n) is 5.58. The van der Waals surface area contributed by atoms with Gasteiger partial charge in [0, 0.05) is 22.7 Å². The van der Waals surface area contributed by atoms with Crippen LogP contribution in [0.3, 0.4) is 0 Å². The molecule has 0 aliphatic heterocycles. The van der Waals surface area contributed by atoms with E-state index in [1.54, 1.807) is 32.4 Å². The van der Waals surface area contributed by atoms with Crippen LogP contribution in [-0.4, -0.2) is 20.1 Å². The number of amides is 1. The minimum Gasteiger partial charge on any atom is -0.493 e. The van der Waals surface area contributed by atoms with Crippen molar-refractivity contribution < 1.29 is 18.7 Å². The van der Waals surface area contributed by atoms with Crippen molar-refractivity contribution in [1.82, 2.24) is 0 Å². The van der Waals surface area contributed by atoms with Crippen LogP contribution in [0, 0.1) is 13.8 Å². The Morgan fingerprint density at radius 3 is 2.46 bits per heavy atom. The average Bonchev–Trinajstić information content (AvgIpc) is 2.91. The molecular weight excluding hydrogens is 306 g/mol. The monoisotopic (exact) mass is 325 g/mol. The molecule has 124 valence electrons. The summed E-state index contributed by atoms with van der Waals surface area (Å²) >= 11 is 0. The molecule has 24 heavy (non-hydrogen) atoms. The quantitative estimate of drug-likeness (QED) is 0.776. The first-order valence-corrected chi connectivity index (χ1v) is 7.56. The summed E-state index contributed by atoms with van der Waals surface area (Å²) in [6, 6.07) is 11.1. The number of methoxy groups -OCH3 is 2. The Balaban J connectivity index is 1.91. The topological polar surface area (TPSA) is 60.7 Å². The first-order chi connectivity index (χ1) is 11.5. The van der Waals surface area contributed by atoms with Crippen molar-refractivity contribution in [3.63, 3.8) is 0 Å². The summed E-state index contributed by atoms with van der Waals surface area (Å²) in [6.45, 7) is 3.89. The van der Waals surface area contributed by atoms with E-state index in [4.69, 9.17) is 13.9 Å². The summed E-state index contributed by atoms with van der Waals surface area (Å²) in [6.07, 6.45) is 0. The van der Waals surface area contributed by atoms with Crippen molar-refractivity contribution in [2.24, 2.45) is 0 Å². The van der Waals surface area contributed by atoms with E-state index >= 15 is 0 Å². The minimum absolute atomic E-state index is 0.298. The molecule has 0 saturated carbocycles. The van der Waals surface area contributed by atoms with E-state index in [1.165, 1.54) is 0 Å². The first-order valence-electron chi connectivity index (χ1n) is 7.56. The molecule has 0 saturated heterocycles. The van der Waals surface area contributed by atoms with Crippen molar-refractivity contribution in [2.45, 2.75) is 13.8 Å². The highest BCUT2D eigenvalue weighted by Gasteiger charge is 2.18. The molecule has 1 aromatic heterocycles. The third-order valence-electron chi connectivity index (χ3n) is 3.94. The standard InChI is InChI=1S/C19H19NO4/c1-11-5-7-15-14(9-11)12(2)18(24-15)19(21)20-13-6-8-16(22-3)17(10-13)23-4/h5-10H,1-4H3,(H,20,21). The molecule has 0 aliphatic carbocycles. The zero-order valence-electron chi connectivity index (χ0n) is 14.1. The first kappa shape index (κ1) is 15.9. The van der Waals surface area contributed by atoms with Crippen molar-refractivity contribution >= 4 is 22.6 Å². The van der Waals surface area contributed by atoms with Crippen molar-refractivity contribution in [2.75, 3.05) is 19.5 Å². The number of fused-ring (bicyclic) bond motifs is 1. The van der Waals surface area contributed by atoms with Gasteiger partial charge in [-0.3, -0.25) is 4.79 Å². The molecular formula is C19H19NO4. The molecule has 2 aromatic carbocycles. The average molecular weight is 325 g/mol. The van der Waals surface area contributed by atoms with E-state index in [-0.39, 0.29) is 5.91 Å². The maximum absolute atomic E-state index is 12.6. The van der Waals surface area contributed by atoms with E-state index in [2.05, 4.69) is 5.32 Å². The fraction of sp³-hybridized carbons (Fsp3) is 0.211. The molecule has 0 spiro atoms. The lowest BCUT2D eigenvalue weighted by Gasteiger charge is -2.10. The number of benzene rings is 2. The summed E-state index contributed by atoms with van der Waals surface area (Å²) in [5.74, 6) is 1.16. The molecule has 1 N–H and O–H groups in total. The molecule has 0 aliphatic rings. The summed E-state index contributed by atoms with van der Waals surface area (Å²) in [5.41, 5.74) is 3.26. The number of furan rings is 1. The van der Waals surface area contributed by atoms with E-state index in [1.807, 2.05) is 32.0 Å². The summed E-state index contributed by atoms with van der Waals surface area (Å²) in [4.78, 5) is 12.6. The molecule has 5 heteroatoms. The Labute approximate surface area is 140 Å². The molecule has 0 atom stereocenters. The normalized spacial score (nSPS) is 10.7. The largest absolute Gasteiger partial charge is 0.493 e. The van der Waals surface area contributed by atoms with Gasteiger partial charge >= 0.3 is 0 Å². The van der Waals surface area contributed by atoms with Gasteiger partial charge in [0.05, 0.1) is 14.2 Å². The molecule has 0 fully saturated rings. The number of carbonyl (C=O) groups is 1. The molecule has 3 rings (SSSR count). The van der Waals surface area contributed by atoms with Crippen molar-refractivity contribution in [1.29, 1.82) is 0 Å². The van der Waals surface area contributed by atoms with Gasteiger partial charge in [0.1, 0.15) is 5.58 Å². The van der Waals surface area contributed by atoms with Crippen LogP contribution in [0.15, 0.2) is 40.8 Å². The van der Waals surface area contributed by atoms with Gasteiger partial charge in [-0.05, 0) is 38.1 Å². The number of ether oxygens (including phenoxy) is 2. The van der Waals surface area contributed by atoms with Gasteiger partial charge in [0.25, 0.3) is 5.91 Å². The molecule has 5 nitrogen and oxygen atoms in total. The van der Waals surface area contributed by atoms with Crippen molar-refractivity contribution in [3.8, 4) is 11.5 Å². The predicted molar refractivity (Wildman–Crippen MR) is 93.2 cm³/mol. The number of hydrogen-bond acceptors (Lipinski definition) is 4. The maximum atomic E-state index is 12.6. The van der Waals surface area contributed by atoms with Crippen LogP contribution in [-0.2, 0) is 0 Å². The Bertz CT molecular complexity index is 911. The van der Waals surface area contributed by atoms with Crippen LogP contribution in [0.2, 0.25) is 0 Å². The zero-order chi connectivity index (χ0) is 17.3. The van der Waals surface area contributed by atoms with Gasteiger partial charge in [-0.25, -0.2) is 0 Å². The number of rotatable bonds is 4. The Morgan fingerprint density at radius 2 is 1.75 bits per heavy atom. The molecule has 0 radical (unpaired) electrons. The number of hydrogen-bond donors (Lipinski definition) is 1. The van der Waals surface area contributed by atoms with Gasteiger partial charge < -0.3 is 19.2 Å². The predicted octanol–water partition coefficient (Wildman–Crippen LogP) is 4.32. The molecule has 1 amide bonds. The van der Waals surface area contributed by atoms with E-state index in [0.717, 1.165) is 16.5 Å². The Morgan fingerprint density at radius 1 is 1.00 bits per heavy atom. The highest BCUT2D eigenvalue weighted by Crippen LogP contribution is 2.31. The van der Waals surface area contributed by atoms with E-state index < -0.39 is 0 Å². The Hall–Kier alpha value is -2.95. The van der Waals surface area contributed by atoms with Crippen LogP contribution in [0.25, 0.3) is 11.0 Å². The van der Waals surface area contributed by atoms with Crippen LogP contribution in [0.1, 0.15) is 21.7 Å². The van der Waals surface area contributed by atoms with Gasteiger partial charge in [0.15, 0.2) is 17.3 Å². The van der Waals surface area contributed by atoms with Gasteiger partial charge in [0.2, 0.25) is 0 Å². The fourth-order valence-corrected chi connectivity index (χ4v) is 2.65. The van der Waals surface area contributed by atoms with Crippen LogP contribution in [0.5, 0.6) is 11.5 Å². The molecule has 0 bridgehead atoms. The van der Waals surface area contributed by atoms with Gasteiger partial charge in [-0.1, -0.05) is 11.6 Å². The summed E-state index contributed by atoms with van der Waals surface area (Å²) < 4.78 is 16.2. The lowest BCUT2D eigenvalue weighted by atomic mass is 10.1. The van der Waals surface area contributed by atoms with Gasteiger partial charge in [-0.15, -0.1) is 0 Å². The van der Waals surface area contributed by atoms with Crippen molar-refractivity contribution in [3.05, 3.63) is 53.3 Å². The second kappa shape index (κ2) is 6.28. The second-order valence-corrected chi connectivity index (χ2v) is 5.58. The lowest BCUT2D eigenvalue weighted by molar-refractivity contribution is 0.0998. The Kier molecular flexibility index (Phi) is 4.16. The van der Waals surface area contributed by atoms with Crippen LogP contribution in [0.4, 0.5) is 5.69 Å². The number of anilines is 1. The van der Waals surface area contributed by atoms with E-state index in [0.29, 0.717) is 28.5 Å². The number of nitrogens with one attached hydrogen (secondary N) is 1. The van der Waals surface area contributed by atoms with E-state index in [9.17, 15) is 4.79 Å². The highest BCUT2D eigenvalue weighted by molar-refractivity contribution is 6.06. The lowest BCUT2D eigenvalue weighted by Crippen LogP contribution is -2.12. The zero-order valence-corrected chi connectivity index (χ0v) is 14.1. The summed E-state index contributed by atoms with van der Waals surface area (Å²) in [7, 11) is 3.12. The smallest absolute Gasteiger partial charge is 0.291 e. The molecule has 3 aromatic rings. The van der Waals surface area contributed by atoms with Gasteiger partial charge in [-0.2, -0.15) is 0 Å². The number of carbonyl (C=O) groups excluding carboxylic acids is 1. The SMILES string of the molecule is COc1ccc(NC(=O)c2oc3ccc(C)cc3c2C)cc1OC. The molecule has 0 unspecified atom stereocenters. The third kappa shape index (κ3) is 2.80.